The first-order valence-electron chi connectivity index (χ1n) is 71.2. The molecule has 6 atom stereocenters. The highest BCUT2D eigenvalue weighted by atomic mass is 32.2. The van der Waals surface area contributed by atoms with E-state index in [0.717, 1.165) is 17.9 Å². The van der Waals surface area contributed by atoms with Crippen molar-refractivity contribution >= 4 is 131 Å². The van der Waals surface area contributed by atoms with Crippen molar-refractivity contribution < 1.29 is 156 Å². The predicted octanol–water partition coefficient (Wildman–Crippen LogP) is 17.9. The highest BCUT2D eigenvalue weighted by Crippen LogP contribution is 2.31. The topological polar surface area (TPSA) is 463 Å². The number of rotatable bonds is 48. The molecule has 0 bridgehead atoms. The summed E-state index contributed by atoms with van der Waals surface area (Å²) in [6, 6.07) is 27.8. The van der Waals surface area contributed by atoms with Crippen LogP contribution in [-0.2, 0) is 128 Å². The molecule has 6 unspecified atom stereocenters. The molecule has 0 saturated carbocycles. The first kappa shape index (κ1) is 61.1. The quantitative estimate of drug-likeness (QED) is 0.0193. The average Bonchev–Trinajstić information content (AvgIpc) is 1.01. The smallest absolute Gasteiger partial charge is 0.197 e. The second kappa shape index (κ2) is 59.8. The van der Waals surface area contributed by atoms with Crippen LogP contribution < -0.4 is 28.4 Å². The number of benzene rings is 6. The van der Waals surface area contributed by atoms with Crippen LogP contribution >= 0.6 is 0 Å². The SMILES string of the molecule is [2H]C([2H])([2H])OCCCOc1ccnc(C([2H])([2H])S(=O)c2nc3ccccc3[nH]2)c1C([2H])([2H])[2H].[2H]C([2H])([2H])OCCCOc1ccnc(CS(=O)c2nc3ccccc3[nH]2)c1C([2H])([2H])[2H].[2H]c1c([2H])c([2H])c2[nH]c(S(=O)C([2H])([2H])c3nccc(OCCCOC([2H])([2H])[2H])c3C([2H])([2H])[2H])nc2c1[2H].[2H]c1c([2H])c([2H])c2[nH]c(S(=O)Cc3nccc(OCCCOC([2H])([2H])[2H])c3C([2H])([2H])[2H])nc2c1[2H].[2H]c1nc(C([2H])([2H])S(=O)c2nc3ccccc3[nH]2)c(C([2H])([2H])[2H])c(OCCCOC([2H])([2H])[2H])c1[2H].[2H]c1nc(CS(=O)c2nc3ccccc3[nH]2)c(C([2H])([2H])[2H])c(OCCCOC([2H])([2H])[2H])c1[2H]. The number of para-hydroxylation sites is 12. The van der Waals surface area contributed by atoms with Crippen molar-refractivity contribution in [1.29, 1.82) is 0 Å². The van der Waals surface area contributed by atoms with Gasteiger partial charge in [-0.15, -0.1) is 0 Å². The first-order valence-corrected chi connectivity index (χ1v) is 51.6. The van der Waals surface area contributed by atoms with E-state index < -0.39 is 276 Å². The largest absolute Gasteiger partial charge is 0.493 e. The number of fused-ring (bicyclic) bond motifs is 6. The van der Waals surface area contributed by atoms with Crippen LogP contribution in [0, 0.1) is 41.1 Å². The Bertz CT molecular complexity index is 9890. The van der Waals surface area contributed by atoms with Gasteiger partial charge in [0, 0.05) is 224 Å². The van der Waals surface area contributed by atoms with Crippen LogP contribution in [0.5, 0.6) is 34.5 Å². The van der Waals surface area contributed by atoms with Crippen molar-refractivity contribution in [1.82, 2.24) is 89.7 Å². The van der Waals surface area contributed by atoms with Crippen LogP contribution in [0.15, 0.2) is 250 Å². The molecule has 150 heavy (non-hydrogen) atoms. The predicted molar refractivity (Wildman–Crippen MR) is 583 cm³/mol. The van der Waals surface area contributed by atoms with Crippen LogP contribution in [-0.4, -0.2) is 236 Å². The number of hydrogen-bond acceptors (Lipinski definition) is 30. The molecule has 18 aromatic rings. The van der Waals surface area contributed by atoms with Crippen LogP contribution in [0.4, 0.5) is 0 Å². The molecule has 0 spiro atoms. The van der Waals surface area contributed by atoms with E-state index in [-0.39, 0.29) is 252 Å². The summed E-state index contributed by atoms with van der Waals surface area (Å²) in [5, 5.41) is -0.766. The van der Waals surface area contributed by atoms with Crippen molar-refractivity contribution in [2.24, 2.45) is 0 Å². The first-order chi connectivity index (χ1) is 94.5. The number of aromatic nitrogens is 18. The standard InChI is InChI=1S/6C18H21N3O3S/c6*1-13-16(19-9-8-17(13)24-11-5-10-23-2)12-25(22)18-20-14-6-3-4-7-15(14)21-18/h6*3-4,6-9H,5,10-12H2,1-2H3,(H,20,21)/i1D3,2D3,3D,4D,6D,7D,12D2;1D3,2D3,3D,4D,6D,7D;1D3,2D3,8D,9D,12D2;1D3,2D3,8D,9D;1D3,2D3,12D2;1D3,2D3. The highest BCUT2D eigenvalue weighted by molar-refractivity contribution is 7.85. The molecule has 12 heterocycles. The molecule has 0 fully saturated rings. The molecule has 792 valence electrons. The molecule has 12 aromatic heterocycles. The summed E-state index contributed by atoms with van der Waals surface area (Å²) in [4.78, 5) is 64.8. The second-order valence-corrected chi connectivity index (χ2v) is 37.4. The van der Waals surface area contributed by atoms with Gasteiger partial charge in [0.2, 0.25) is 0 Å². The van der Waals surface area contributed by atoms with Gasteiger partial charge >= 0.3 is 0 Å². The maximum absolute atomic E-state index is 13.3. The van der Waals surface area contributed by atoms with Crippen molar-refractivity contribution in [3.05, 3.63) is 286 Å². The van der Waals surface area contributed by atoms with Crippen LogP contribution in [0.25, 0.3) is 66.2 Å². The van der Waals surface area contributed by atoms with Gasteiger partial charge in [0.05, 0.1) is 280 Å². The Balaban J connectivity index is 0.000000196. The van der Waals surface area contributed by atoms with Gasteiger partial charge in [-0.3, -0.25) is 55.2 Å². The molecule has 0 radical (unpaired) electrons. The molecule has 0 aliphatic carbocycles. The lowest BCUT2D eigenvalue weighted by Gasteiger charge is -2.11. The van der Waals surface area contributed by atoms with E-state index >= 15 is 0 Å². The number of methoxy groups -OCH3 is 6. The Morgan fingerprint density at radius 3 is 0.787 bits per heavy atom. The summed E-state index contributed by atoms with van der Waals surface area (Å²) in [5.74, 6) is -2.28. The van der Waals surface area contributed by atoms with Crippen LogP contribution in [0.3, 0.4) is 0 Å². The fraction of sp³-hybridized carbons (Fsp3) is 0.333. The van der Waals surface area contributed by atoms with E-state index in [1.807, 2.05) is 12.1 Å². The van der Waals surface area contributed by atoms with Crippen molar-refractivity contribution in [2.75, 3.05) is 122 Å². The van der Waals surface area contributed by atoms with E-state index in [0.29, 0.717) is 38.6 Å². The fourth-order valence-electron chi connectivity index (χ4n) is 12.5. The minimum absolute atomic E-state index is 0.00106. The van der Waals surface area contributed by atoms with Crippen LogP contribution in [0.2, 0.25) is 0 Å². The van der Waals surface area contributed by atoms with Gasteiger partial charge in [-0.25, -0.2) is 29.9 Å². The summed E-state index contributed by atoms with van der Waals surface area (Å²) in [7, 11) is -28.6. The van der Waals surface area contributed by atoms with Gasteiger partial charge < -0.3 is 86.7 Å². The molecule has 18 rings (SSSR count). The number of imidazole rings is 6. The number of nitrogens with one attached hydrogen (secondary N) is 6. The molecular weight excluding hydrogens is 2030 g/mol. The summed E-state index contributed by atoms with van der Waals surface area (Å²) in [5.41, 5.74) is -9.55. The molecule has 0 aliphatic rings. The monoisotopic (exact) mass is 2210 g/mol. The minimum Gasteiger partial charge on any atom is -0.493 e. The van der Waals surface area contributed by atoms with Gasteiger partial charge in [-0.1, -0.05) is 72.7 Å². The molecule has 6 N–H and O–H groups in total. The summed E-state index contributed by atoms with van der Waals surface area (Å²) in [6.45, 7) is -18.5. The maximum atomic E-state index is 13.3. The van der Waals surface area contributed by atoms with Gasteiger partial charge in [-0.05, 0) is 150 Å². The van der Waals surface area contributed by atoms with E-state index in [4.69, 9.17) is 102 Å². The number of H-pyrrole nitrogens is 6. The summed E-state index contributed by atoms with van der Waals surface area (Å²) in [6.07, 6.45) is 4.34. The average molecular weight is 2210 g/mol. The number of aromatic amines is 6. The summed E-state index contributed by atoms with van der Waals surface area (Å²) < 4.78 is 553. The fourth-order valence-corrected chi connectivity index (χ4v) is 17.9. The third-order valence-corrected chi connectivity index (χ3v) is 25.8. The molecule has 0 aliphatic heterocycles. The van der Waals surface area contributed by atoms with Crippen molar-refractivity contribution in [3.63, 3.8) is 0 Å². The molecule has 36 nitrogen and oxygen atoms in total. The van der Waals surface area contributed by atoms with E-state index in [1.165, 1.54) is 36.7 Å². The lowest BCUT2D eigenvalue weighted by atomic mass is 10.2. The number of ether oxygens (including phenoxy) is 12. The minimum atomic E-state index is -3.05. The maximum Gasteiger partial charge on any atom is 0.197 e. The van der Waals surface area contributed by atoms with Crippen LogP contribution in [0.1, 0.15) is 180 Å². The Morgan fingerprint density at radius 2 is 0.487 bits per heavy atom. The lowest BCUT2D eigenvalue weighted by Crippen LogP contribution is -2.06. The normalized spacial score (nSPS) is 19.0. The van der Waals surface area contributed by atoms with E-state index in [1.54, 1.807) is 84.9 Å². The molecule has 0 amide bonds. The zero-order valence-corrected chi connectivity index (χ0v) is 83.3. The number of nitrogens with zero attached hydrogens (tertiary/aromatic N) is 12. The zero-order chi connectivity index (χ0) is 152. The Kier molecular flexibility index (Phi) is 24.4. The van der Waals surface area contributed by atoms with Gasteiger partial charge in [0.25, 0.3) is 0 Å². The zero-order valence-electron chi connectivity index (χ0n) is 132. The van der Waals surface area contributed by atoms with E-state index in [9.17, 15) is 25.3 Å². The third kappa shape index (κ3) is 33.3. The lowest BCUT2D eigenvalue weighted by molar-refractivity contribution is 0.171. The molecular formula is C108H126N18O18S6. The Labute approximate surface area is 961 Å². The van der Waals surface area contributed by atoms with E-state index in [2.05, 4.69) is 118 Å². The number of pyridine rings is 6. The second-order valence-electron chi connectivity index (χ2n) is 29.9. The molecule has 42 heteroatoms. The molecule has 6 aromatic carbocycles. The summed E-state index contributed by atoms with van der Waals surface area (Å²) >= 11 is 0. The third-order valence-electron chi connectivity index (χ3n) is 19.6. The van der Waals surface area contributed by atoms with Gasteiger partial charge in [0.15, 0.2) is 30.9 Å². The van der Waals surface area contributed by atoms with Crippen molar-refractivity contribution in [3.8, 4) is 34.5 Å². The van der Waals surface area contributed by atoms with Crippen molar-refractivity contribution in [2.45, 2.75) is 145 Å². The Hall–Kier alpha value is -13.5. The highest BCUT2D eigenvalue weighted by Gasteiger charge is 2.24. The van der Waals surface area contributed by atoms with Gasteiger partial charge in [0.1, 0.15) is 34.5 Å². The number of hydrogen-bond donors (Lipinski definition) is 6. The Morgan fingerprint density at radius 1 is 0.253 bits per heavy atom. The molecule has 0 saturated heterocycles. The van der Waals surface area contributed by atoms with Gasteiger partial charge in [-0.2, -0.15) is 0 Å².